The number of aryl methyl sites for hydroxylation is 1. The molecule has 0 saturated carbocycles. The molecule has 80 valence electrons. The summed E-state index contributed by atoms with van der Waals surface area (Å²) in [5.41, 5.74) is 4.07. The second-order valence-electron chi connectivity index (χ2n) is 3.85. The maximum atomic E-state index is 9.11. The lowest BCUT2D eigenvalue weighted by atomic mass is 9.97. The fourth-order valence-electron chi connectivity index (χ4n) is 1.77. The Balaban J connectivity index is 2.61. The van der Waals surface area contributed by atoms with Crippen molar-refractivity contribution >= 4 is 0 Å². The van der Waals surface area contributed by atoms with E-state index >= 15 is 0 Å². The topological polar surface area (TPSA) is 47.6 Å². The van der Waals surface area contributed by atoms with Crippen molar-refractivity contribution < 1.29 is 0 Å². The van der Waals surface area contributed by atoms with E-state index in [-0.39, 0.29) is 0 Å². The normalized spacial score (nSPS) is 9.35. The van der Waals surface area contributed by atoms with Gasteiger partial charge in [0.1, 0.15) is 0 Å². The van der Waals surface area contributed by atoms with E-state index in [1.807, 2.05) is 43.3 Å². The van der Waals surface area contributed by atoms with E-state index in [9.17, 15) is 0 Å². The minimum atomic E-state index is 0.512. The number of nitriles is 2. The summed E-state index contributed by atoms with van der Waals surface area (Å²) >= 11 is 0. The molecule has 2 heteroatoms. The first-order valence-electron chi connectivity index (χ1n) is 5.26. The minimum absolute atomic E-state index is 0.512. The highest BCUT2D eigenvalue weighted by Crippen LogP contribution is 2.24. The molecule has 2 aromatic carbocycles. The SMILES string of the molecule is Cc1cccc(-c2ccc(C#N)cc2C#N)c1. The zero-order chi connectivity index (χ0) is 12.3. The molecule has 0 saturated heterocycles. The predicted molar refractivity (Wildman–Crippen MR) is 66.0 cm³/mol. The van der Waals surface area contributed by atoms with Crippen LogP contribution in [0.1, 0.15) is 16.7 Å². The molecule has 2 nitrogen and oxygen atoms in total. The highest BCUT2D eigenvalue weighted by atomic mass is 14.3. The zero-order valence-corrected chi connectivity index (χ0v) is 9.44. The standard InChI is InChI=1S/C15H10N2/c1-11-3-2-4-13(7-11)15-6-5-12(9-16)8-14(15)10-17/h2-8H,1H3. The maximum absolute atomic E-state index is 9.11. The van der Waals surface area contributed by atoms with Gasteiger partial charge in [0.25, 0.3) is 0 Å². The van der Waals surface area contributed by atoms with E-state index < -0.39 is 0 Å². The van der Waals surface area contributed by atoms with Crippen LogP contribution in [-0.4, -0.2) is 0 Å². The molecule has 0 atom stereocenters. The Labute approximate surface area is 100 Å². The number of hydrogen-bond acceptors (Lipinski definition) is 2. The monoisotopic (exact) mass is 218 g/mol. The number of nitrogens with zero attached hydrogens (tertiary/aromatic N) is 2. The molecule has 0 spiro atoms. The van der Waals surface area contributed by atoms with E-state index in [1.54, 1.807) is 12.1 Å². The lowest BCUT2D eigenvalue weighted by molar-refractivity contribution is 1.43. The second kappa shape index (κ2) is 4.51. The molecule has 0 aliphatic heterocycles. The van der Waals surface area contributed by atoms with Gasteiger partial charge in [0.05, 0.1) is 23.3 Å². The Morgan fingerprint density at radius 3 is 2.41 bits per heavy atom. The van der Waals surface area contributed by atoms with Crippen LogP contribution in [0.3, 0.4) is 0 Å². The van der Waals surface area contributed by atoms with Crippen LogP contribution < -0.4 is 0 Å². The van der Waals surface area contributed by atoms with Crippen LogP contribution in [0, 0.1) is 29.6 Å². The molecule has 17 heavy (non-hydrogen) atoms. The van der Waals surface area contributed by atoms with Gasteiger partial charge in [-0.05, 0) is 30.2 Å². The van der Waals surface area contributed by atoms with Crippen molar-refractivity contribution in [3.8, 4) is 23.3 Å². The van der Waals surface area contributed by atoms with E-state index in [0.717, 1.165) is 16.7 Å². The third-order valence-corrected chi connectivity index (χ3v) is 2.60. The molecular formula is C15H10N2. The zero-order valence-electron chi connectivity index (χ0n) is 9.44. The summed E-state index contributed by atoms with van der Waals surface area (Å²) in [5, 5.41) is 17.9. The lowest BCUT2D eigenvalue weighted by Gasteiger charge is -2.05. The largest absolute Gasteiger partial charge is 0.192 e. The second-order valence-corrected chi connectivity index (χ2v) is 3.85. The summed E-state index contributed by atoms with van der Waals surface area (Å²) in [5.74, 6) is 0. The van der Waals surface area contributed by atoms with Crippen LogP contribution in [0.4, 0.5) is 0 Å². The maximum Gasteiger partial charge on any atom is 0.0998 e. The number of rotatable bonds is 1. The van der Waals surface area contributed by atoms with E-state index in [0.29, 0.717) is 11.1 Å². The van der Waals surface area contributed by atoms with Crippen LogP contribution >= 0.6 is 0 Å². The Bertz CT molecular complexity index is 643. The quantitative estimate of drug-likeness (QED) is 0.736. The van der Waals surface area contributed by atoms with Gasteiger partial charge < -0.3 is 0 Å². The van der Waals surface area contributed by atoms with Crippen molar-refractivity contribution in [2.24, 2.45) is 0 Å². The minimum Gasteiger partial charge on any atom is -0.192 e. The van der Waals surface area contributed by atoms with Gasteiger partial charge in [0.15, 0.2) is 0 Å². The van der Waals surface area contributed by atoms with Crippen molar-refractivity contribution in [1.82, 2.24) is 0 Å². The van der Waals surface area contributed by atoms with Gasteiger partial charge in [-0.1, -0.05) is 35.9 Å². The summed E-state index contributed by atoms with van der Waals surface area (Å²) in [6, 6.07) is 17.3. The Morgan fingerprint density at radius 2 is 1.76 bits per heavy atom. The predicted octanol–water partition coefficient (Wildman–Crippen LogP) is 3.41. The molecular weight excluding hydrogens is 208 g/mol. The summed E-state index contributed by atoms with van der Waals surface area (Å²) in [6.07, 6.45) is 0. The molecule has 2 aromatic rings. The smallest absolute Gasteiger partial charge is 0.0998 e. The first-order chi connectivity index (χ1) is 8.24. The highest BCUT2D eigenvalue weighted by Gasteiger charge is 2.05. The van der Waals surface area contributed by atoms with E-state index in [4.69, 9.17) is 10.5 Å². The molecule has 2 rings (SSSR count). The molecule has 0 fully saturated rings. The molecule has 0 aliphatic carbocycles. The Hall–Kier alpha value is -2.58. The summed E-state index contributed by atoms with van der Waals surface area (Å²) in [7, 11) is 0. The molecule has 0 heterocycles. The van der Waals surface area contributed by atoms with Crippen LogP contribution in [0.5, 0.6) is 0 Å². The molecule has 0 bridgehead atoms. The molecule has 0 aliphatic rings. The summed E-state index contributed by atoms with van der Waals surface area (Å²) < 4.78 is 0. The summed E-state index contributed by atoms with van der Waals surface area (Å²) in [6.45, 7) is 2.01. The van der Waals surface area contributed by atoms with Gasteiger partial charge in [0, 0.05) is 0 Å². The molecule has 0 unspecified atom stereocenters. The highest BCUT2D eigenvalue weighted by molar-refractivity contribution is 5.72. The molecule has 0 radical (unpaired) electrons. The average Bonchev–Trinajstić information content (AvgIpc) is 2.38. The first-order valence-corrected chi connectivity index (χ1v) is 5.26. The van der Waals surface area contributed by atoms with Gasteiger partial charge in [-0.2, -0.15) is 10.5 Å². The molecule has 0 aromatic heterocycles. The fourth-order valence-corrected chi connectivity index (χ4v) is 1.77. The Morgan fingerprint density at radius 1 is 0.941 bits per heavy atom. The van der Waals surface area contributed by atoms with Crippen molar-refractivity contribution in [2.45, 2.75) is 6.92 Å². The van der Waals surface area contributed by atoms with Gasteiger partial charge in [-0.25, -0.2) is 0 Å². The van der Waals surface area contributed by atoms with E-state index in [1.165, 1.54) is 0 Å². The van der Waals surface area contributed by atoms with Crippen LogP contribution in [-0.2, 0) is 0 Å². The van der Waals surface area contributed by atoms with Crippen molar-refractivity contribution in [1.29, 1.82) is 10.5 Å². The van der Waals surface area contributed by atoms with Crippen LogP contribution in [0.25, 0.3) is 11.1 Å². The van der Waals surface area contributed by atoms with Crippen molar-refractivity contribution in [3.63, 3.8) is 0 Å². The van der Waals surface area contributed by atoms with Crippen molar-refractivity contribution in [2.75, 3.05) is 0 Å². The van der Waals surface area contributed by atoms with Crippen LogP contribution in [0.2, 0.25) is 0 Å². The van der Waals surface area contributed by atoms with Gasteiger partial charge >= 0.3 is 0 Å². The summed E-state index contributed by atoms with van der Waals surface area (Å²) in [4.78, 5) is 0. The number of hydrogen-bond donors (Lipinski definition) is 0. The lowest BCUT2D eigenvalue weighted by Crippen LogP contribution is -1.87. The first kappa shape index (κ1) is 10.9. The Kier molecular flexibility index (Phi) is 2.90. The van der Waals surface area contributed by atoms with Gasteiger partial charge in [-0.3, -0.25) is 0 Å². The number of benzene rings is 2. The third-order valence-electron chi connectivity index (χ3n) is 2.60. The van der Waals surface area contributed by atoms with Crippen molar-refractivity contribution in [3.05, 3.63) is 59.2 Å². The van der Waals surface area contributed by atoms with E-state index in [2.05, 4.69) is 6.07 Å². The third kappa shape index (κ3) is 2.17. The van der Waals surface area contributed by atoms with Crippen LogP contribution in [0.15, 0.2) is 42.5 Å². The fraction of sp³-hybridized carbons (Fsp3) is 0.0667. The van der Waals surface area contributed by atoms with Gasteiger partial charge in [0.2, 0.25) is 0 Å². The molecule has 0 N–H and O–H groups in total. The molecule has 0 amide bonds. The average molecular weight is 218 g/mol. The van der Waals surface area contributed by atoms with Gasteiger partial charge in [-0.15, -0.1) is 0 Å².